The molecular weight excluding hydrogens is 923 g/mol. The molecule has 0 aliphatic heterocycles. The molecule has 13 aromatic rings. The third-order valence-electron chi connectivity index (χ3n) is 15.2. The highest BCUT2D eigenvalue weighted by molar-refractivity contribution is 6.12. The molecule has 0 unspecified atom stereocenters. The van der Waals surface area contributed by atoms with Crippen LogP contribution in [-0.2, 0) is 10.8 Å². The highest BCUT2D eigenvalue weighted by atomic mass is 15.2. The summed E-state index contributed by atoms with van der Waals surface area (Å²) < 4.78 is 4.64. The lowest BCUT2D eigenvalue weighted by molar-refractivity contribution is 0.590. The summed E-state index contributed by atoms with van der Waals surface area (Å²) in [4.78, 5) is 16.3. The molecule has 0 saturated heterocycles. The number of hydrogen-bond acceptors (Lipinski definition) is 3. The molecule has 0 radical (unpaired) electrons. The van der Waals surface area contributed by atoms with Gasteiger partial charge in [-0.15, -0.1) is 0 Å². The topological polar surface area (TPSA) is 48.5 Å². The van der Waals surface area contributed by atoms with E-state index in [0.29, 0.717) is 17.6 Å². The van der Waals surface area contributed by atoms with Crippen LogP contribution in [0.2, 0.25) is 0 Å². The van der Waals surface area contributed by atoms with Crippen LogP contribution in [0.15, 0.2) is 237 Å². The van der Waals surface area contributed by atoms with Crippen molar-refractivity contribution in [1.29, 1.82) is 0 Å². The number of benzene rings is 10. The van der Waals surface area contributed by atoms with E-state index in [9.17, 15) is 0 Å². The minimum absolute atomic E-state index is 0.0184. The molecule has 0 N–H and O–H groups in total. The zero-order chi connectivity index (χ0) is 51.7. The fourth-order valence-electron chi connectivity index (χ4n) is 10.9. The first kappa shape index (κ1) is 46.6. The predicted octanol–water partition coefficient (Wildman–Crippen LogP) is 18.7. The molecule has 0 aliphatic carbocycles. The van der Waals surface area contributed by atoms with Crippen molar-refractivity contribution >= 4 is 43.6 Å². The Morgan fingerprint density at radius 3 is 1.08 bits per heavy atom. The average molecular weight is 980 g/mol. The summed E-state index contributed by atoms with van der Waals surface area (Å²) in [6.07, 6.45) is 0. The SMILES string of the molecule is CC(C)(C)c1ccc2c(c1)c1cc(C(C)(C)C)ccc1n2-c1ccccc1-c1nc(-c2ccccc2)nc(-n2c3ccc(-c4ccc(-c5ccccc5)cc4)cc3c3cc(-c4ccc(-c5ccccc5)cc4)ccc32)n1. The fraction of sp³-hybridized carbons (Fsp3) is 0.113. The van der Waals surface area contributed by atoms with E-state index < -0.39 is 0 Å². The lowest BCUT2D eigenvalue weighted by Crippen LogP contribution is -2.10. The number of aromatic nitrogens is 5. The first-order chi connectivity index (χ1) is 36.9. The lowest BCUT2D eigenvalue weighted by atomic mass is 9.85. The maximum absolute atomic E-state index is 5.56. The minimum atomic E-state index is -0.0184. The first-order valence-corrected chi connectivity index (χ1v) is 26.3. The van der Waals surface area contributed by atoms with Crippen LogP contribution >= 0.6 is 0 Å². The van der Waals surface area contributed by atoms with Crippen LogP contribution in [0.3, 0.4) is 0 Å². The van der Waals surface area contributed by atoms with E-state index in [-0.39, 0.29) is 10.8 Å². The van der Waals surface area contributed by atoms with Crippen molar-refractivity contribution < 1.29 is 0 Å². The summed E-state index contributed by atoms with van der Waals surface area (Å²) in [7, 11) is 0. The van der Waals surface area contributed by atoms with E-state index in [1.54, 1.807) is 0 Å². The molecule has 0 spiro atoms. The van der Waals surface area contributed by atoms with Gasteiger partial charge in [-0.3, -0.25) is 4.57 Å². The summed E-state index contributed by atoms with van der Waals surface area (Å²) in [6.45, 7) is 13.7. The molecule has 13 rings (SSSR count). The van der Waals surface area contributed by atoms with E-state index >= 15 is 0 Å². The van der Waals surface area contributed by atoms with Crippen LogP contribution in [0.4, 0.5) is 0 Å². The van der Waals surface area contributed by atoms with Crippen molar-refractivity contribution in [2.45, 2.75) is 52.4 Å². The van der Waals surface area contributed by atoms with Gasteiger partial charge in [0.15, 0.2) is 11.6 Å². The van der Waals surface area contributed by atoms with E-state index in [1.165, 1.54) is 44.2 Å². The average Bonchev–Trinajstić information content (AvgIpc) is 3.98. The zero-order valence-corrected chi connectivity index (χ0v) is 43.8. The van der Waals surface area contributed by atoms with Crippen molar-refractivity contribution in [2.75, 3.05) is 0 Å². The van der Waals surface area contributed by atoms with Crippen LogP contribution in [0.25, 0.3) is 123 Å². The van der Waals surface area contributed by atoms with Gasteiger partial charge in [-0.05, 0) is 127 Å². The Labute approximate surface area is 444 Å². The molecule has 5 heteroatoms. The molecule has 3 heterocycles. The minimum Gasteiger partial charge on any atom is -0.309 e. The van der Waals surface area contributed by atoms with Crippen molar-refractivity contribution in [2.24, 2.45) is 0 Å². The van der Waals surface area contributed by atoms with Gasteiger partial charge in [-0.25, -0.2) is 4.98 Å². The molecule has 0 bridgehead atoms. The van der Waals surface area contributed by atoms with Gasteiger partial charge in [-0.2, -0.15) is 9.97 Å². The Kier molecular flexibility index (Phi) is 11.2. The van der Waals surface area contributed by atoms with Crippen LogP contribution in [-0.4, -0.2) is 24.1 Å². The normalized spacial score (nSPS) is 12.1. The highest BCUT2D eigenvalue weighted by Crippen LogP contribution is 2.42. The molecule has 0 fully saturated rings. The smallest absolute Gasteiger partial charge is 0.238 e. The second kappa shape index (κ2) is 18.3. The molecule has 366 valence electrons. The van der Waals surface area contributed by atoms with Gasteiger partial charge in [0.1, 0.15) is 0 Å². The molecule has 0 saturated carbocycles. The molecule has 3 aromatic heterocycles. The summed E-state index contributed by atoms with van der Waals surface area (Å²) in [5.74, 6) is 1.74. The lowest BCUT2D eigenvalue weighted by Gasteiger charge is -2.19. The Balaban J connectivity index is 1.02. The molecule has 76 heavy (non-hydrogen) atoms. The second-order valence-corrected chi connectivity index (χ2v) is 22.2. The number of para-hydroxylation sites is 1. The standard InChI is InChI=1S/C71H57N5/c1-70(2,3)55-36-40-63-60(44-55)61-45-56(71(4,5)6)37-41-64(61)75(63)62-25-17-16-24-57(62)68-72-67(52-22-14-9-15-23-52)73-69(74-68)76-65-38-34-53(50-30-26-48(27-31-50)46-18-10-7-11-19-46)42-58(65)59-43-54(35-39-66(59)76)51-32-28-49(29-33-51)47-20-12-8-13-21-47/h7-45H,1-6H3. The van der Waals surface area contributed by atoms with Gasteiger partial charge < -0.3 is 4.57 Å². The van der Waals surface area contributed by atoms with Crippen molar-refractivity contribution in [1.82, 2.24) is 24.1 Å². The van der Waals surface area contributed by atoms with Gasteiger partial charge in [-0.1, -0.05) is 217 Å². The maximum Gasteiger partial charge on any atom is 0.238 e. The van der Waals surface area contributed by atoms with Gasteiger partial charge in [0.05, 0.1) is 27.8 Å². The molecule has 10 aromatic carbocycles. The van der Waals surface area contributed by atoms with E-state index in [2.05, 4.69) is 269 Å². The number of hydrogen-bond donors (Lipinski definition) is 0. The second-order valence-electron chi connectivity index (χ2n) is 22.2. The van der Waals surface area contributed by atoms with Crippen molar-refractivity contribution in [3.8, 4) is 78.9 Å². The zero-order valence-electron chi connectivity index (χ0n) is 43.8. The van der Waals surface area contributed by atoms with Crippen molar-refractivity contribution in [3.63, 3.8) is 0 Å². The fourth-order valence-corrected chi connectivity index (χ4v) is 10.9. The highest BCUT2D eigenvalue weighted by Gasteiger charge is 2.25. The first-order valence-electron chi connectivity index (χ1n) is 26.3. The summed E-state index contributed by atoms with van der Waals surface area (Å²) in [6, 6.07) is 85.4. The summed E-state index contributed by atoms with van der Waals surface area (Å²) in [5, 5.41) is 4.68. The Morgan fingerprint density at radius 1 is 0.276 bits per heavy atom. The molecule has 5 nitrogen and oxygen atoms in total. The largest absolute Gasteiger partial charge is 0.309 e. The Bertz CT molecular complexity index is 4100. The molecule has 0 amide bonds. The van der Waals surface area contributed by atoms with Gasteiger partial charge in [0.25, 0.3) is 0 Å². The molecule has 0 aliphatic rings. The number of rotatable bonds is 8. The number of fused-ring (bicyclic) bond motifs is 6. The Morgan fingerprint density at radius 2 is 0.618 bits per heavy atom. The Hall–Kier alpha value is -9.19. The number of nitrogens with zero attached hydrogens (tertiary/aromatic N) is 5. The van der Waals surface area contributed by atoms with Crippen molar-refractivity contribution in [3.05, 3.63) is 248 Å². The summed E-state index contributed by atoms with van der Waals surface area (Å²) in [5.41, 5.74) is 19.0. The van der Waals surface area contributed by atoms with Crippen LogP contribution in [0.5, 0.6) is 0 Å². The maximum atomic E-state index is 5.56. The van der Waals surface area contributed by atoms with E-state index in [1.807, 2.05) is 18.2 Å². The molecule has 0 atom stereocenters. The van der Waals surface area contributed by atoms with Gasteiger partial charge >= 0.3 is 0 Å². The third kappa shape index (κ3) is 8.35. The van der Waals surface area contributed by atoms with E-state index in [0.717, 1.165) is 71.9 Å². The molecular formula is C71H57N5. The monoisotopic (exact) mass is 979 g/mol. The van der Waals surface area contributed by atoms with Gasteiger partial charge in [0.2, 0.25) is 5.95 Å². The predicted molar refractivity (Wildman–Crippen MR) is 319 cm³/mol. The van der Waals surface area contributed by atoms with Crippen LogP contribution < -0.4 is 0 Å². The van der Waals surface area contributed by atoms with E-state index in [4.69, 9.17) is 15.0 Å². The van der Waals surface area contributed by atoms with Crippen LogP contribution in [0, 0.1) is 0 Å². The van der Waals surface area contributed by atoms with Crippen LogP contribution in [0.1, 0.15) is 52.7 Å². The third-order valence-corrected chi connectivity index (χ3v) is 15.2. The quantitative estimate of drug-likeness (QED) is 0.152. The summed E-state index contributed by atoms with van der Waals surface area (Å²) >= 11 is 0. The van der Waals surface area contributed by atoms with Gasteiger partial charge in [0, 0.05) is 32.7 Å².